The largest absolute Gasteiger partial charge is 0.393 e. The number of aliphatic hydroxyl groups is 1. The number of hydrogen-bond donors (Lipinski definition) is 1. The zero-order valence-electron chi connectivity index (χ0n) is 11.8. The summed E-state index contributed by atoms with van der Waals surface area (Å²) in [6.07, 6.45) is 1.50. The minimum absolute atomic E-state index is 0.0255. The fourth-order valence-corrected chi connectivity index (χ4v) is 1.78. The Balaban J connectivity index is 0. The van der Waals surface area contributed by atoms with Crippen molar-refractivity contribution in [2.45, 2.75) is 40.2 Å². The molecule has 6 heteroatoms. The van der Waals surface area contributed by atoms with Gasteiger partial charge in [0.1, 0.15) is 6.29 Å². The summed E-state index contributed by atoms with van der Waals surface area (Å²) in [4.78, 5) is 9.81. The van der Waals surface area contributed by atoms with Gasteiger partial charge in [-0.05, 0) is 12.3 Å². The van der Waals surface area contributed by atoms with Crippen LogP contribution in [0.15, 0.2) is 0 Å². The van der Waals surface area contributed by atoms with E-state index in [1.165, 1.54) is 0 Å². The van der Waals surface area contributed by atoms with Gasteiger partial charge in [-0.3, -0.25) is 0 Å². The first-order valence-electron chi connectivity index (χ1n) is 6.15. The van der Waals surface area contributed by atoms with E-state index in [9.17, 15) is 9.90 Å². The summed E-state index contributed by atoms with van der Waals surface area (Å²) in [6, 6.07) is 0. The number of aliphatic hydroxyl groups excluding tert-OH is 1. The molecular formula is C12H28O4P2. The molecule has 0 aromatic rings. The van der Waals surface area contributed by atoms with Crippen molar-refractivity contribution in [2.24, 2.45) is 17.8 Å². The molecule has 0 aromatic carbocycles. The molecule has 110 valence electrons. The highest BCUT2D eigenvalue weighted by Crippen LogP contribution is 2.13. The van der Waals surface area contributed by atoms with Gasteiger partial charge in [-0.2, -0.15) is 0 Å². The van der Waals surface area contributed by atoms with Gasteiger partial charge in [-0.1, -0.05) is 27.7 Å². The fraction of sp³-hybridized carbons (Fsp3) is 0.917. The number of rotatable bonds is 8. The second kappa shape index (κ2) is 13.8. The Morgan fingerprint density at radius 2 is 1.61 bits per heavy atom. The molecule has 5 unspecified atom stereocenters. The number of carbonyl (C=O) groups is 1. The van der Waals surface area contributed by atoms with Gasteiger partial charge in [0, 0.05) is 30.8 Å². The van der Waals surface area contributed by atoms with E-state index >= 15 is 0 Å². The Hall–Kier alpha value is 0.410. The van der Waals surface area contributed by atoms with Gasteiger partial charge in [-0.15, -0.1) is 0 Å². The third-order valence-corrected chi connectivity index (χ3v) is 2.71. The van der Waals surface area contributed by atoms with Gasteiger partial charge in [-0.25, -0.2) is 0 Å². The molecule has 0 radical (unpaired) electrons. The molecule has 0 saturated heterocycles. The first kappa shape index (κ1) is 20.7. The minimum Gasteiger partial charge on any atom is -0.393 e. The second-order valence-corrected chi connectivity index (χ2v) is 5.62. The van der Waals surface area contributed by atoms with Gasteiger partial charge in [0.15, 0.2) is 0 Å². The molecule has 0 aliphatic carbocycles. The van der Waals surface area contributed by atoms with Crippen LogP contribution in [0, 0.1) is 17.8 Å². The Labute approximate surface area is 116 Å². The number of carbonyl (C=O) groups excluding carboxylic acids is 1. The maximum absolute atomic E-state index is 9.81. The number of aldehydes is 1. The zero-order valence-corrected chi connectivity index (χ0v) is 14.1. The summed E-state index contributed by atoms with van der Waals surface area (Å²) < 4.78 is 9.44. The summed E-state index contributed by atoms with van der Waals surface area (Å²) in [5, 5.41) is 9.53. The van der Waals surface area contributed by atoms with Crippen LogP contribution in [-0.2, 0) is 13.8 Å². The van der Waals surface area contributed by atoms with Crippen molar-refractivity contribution in [1.82, 2.24) is 0 Å². The van der Waals surface area contributed by atoms with Gasteiger partial charge < -0.3 is 18.9 Å². The van der Waals surface area contributed by atoms with Crippen LogP contribution >= 0.6 is 18.9 Å². The molecule has 0 heterocycles. The van der Waals surface area contributed by atoms with Crippen molar-refractivity contribution in [2.75, 3.05) is 13.2 Å². The maximum Gasteiger partial charge on any atom is 0.125 e. The van der Waals surface area contributed by atoms with E-state index in [2.05, 4.69) is 37.3 Å². The van der Waals surface area contributed by atoms with Crippen LogP contribution in [0.4, 0.5) is 0 Å². The molecule has 0 spiro atoms. The molecular weight excluding hydrogens is 270 g/mol. The molecule has 1 N–H and O–H groups in total. The van der Waals surface area contributed by atoms with Crippen LogP contribution < -0.4 is 0 Å². The quantitative estimate of drug-likeness (QED) is 0.552. The van der Waals surface area contributed by atoms with Crippen molar-refractivity contribution in [3.63, 3.8) is 0 Å². The molecule has 4 nitrogen and oxygen atoms in total. The summed E-state index contributed by atoms with van der Waals surface area (Å²) in [6.45, 7) is 9.12. The Kier molecular flexibility index (Phi) is 15.9. The van der Waals surface area contributed by atoms with Crippen molar-refractivity contribution in [1.29, 1.82) is 0 Å². The molecule has 0 aromatic heterocycles. The summed E-state index contributed by atoms with van der Waals surface area (Å²) in [5.41, 5.74) is 0. The molecule has 5 atom stereocenters. The molecule has 0 aliphatic heterocycles. The lowest BCUT2D eigenvalue weighted by Crippen LogP contribution is -2.22. The van der Waals surface area contributed by atoms with Gasteiger partial charge >= 0.3 is 0 Å². The second-order valence-electron chi connectivity index (χ2n) is 4.95. The molecule has 18 heavy (non-hydrogen) atoms. The topological polar surface area (TPSA) is 55.8 Å². The predicted molar refractivity (Wildman–Crippen MR) is 81.2 cm³/mol. The van der Waals surface area contributed by atoms with Crippen LogP contribution in [0.1, 0.15) is 34.1 Å². The van der Waals surface area contributed by atoms with E-state index in [0.29, 0.717) is 19.1 Å². The fourth-order valence-electron chi connectivity index (χ4n) is 1.17. The van der Waals surface area contributed by atoms with E-state index in [1.54, 1.807) is 6.92 Å². The Bertz CT molecular complexity index is 191. The average molecular weight is 298 g/mol. The van der Waals surface area contributed by atoms with Crippen molar-refractivity contribution < 1.29 is 18.9 Å². The van der Waals surface area contributed by atoms with E-state index < -0.39 is 0 Å². The van der Waals surface area contributed by atoms with E-state index in [1.807, 2.05) is 6.92 Å². The SMILES string of the molecule is CC(C)CC(O)C(C)COP.CC(C=O)COP. The first-order valence-corrected chi connectivity index (χ1v) is 7.09. The highest BCUT2D eigenvalue weighted by molar-refractivity contribution is 7.10. The van der Waals surface area contributed by atoms with E-state index in [4.69, 9.17) is 4.52 Å². The molecule has 0 amide bonds. The standard InChI is InChI=1S/C8H19O2P.C4H9O2P/c1-6(2)4-8(9)7(3)5-10-11;1-4(2-5)3-6-7/h6-9H,4-5,11H2,1-3H3;2,4H,3,7H2,1H3. The van der Waals surface area contributed by atoms with Gasteiger partial charge in [0.05, 0.1) is 19.3 Å². The molecule has 0 bridgehead atoms. The van der Waals surface area contributed by atoms with Crippen molar-refractivity contribution in [3.8, 4) is 0 Å². The third-order valence-electron chi connectivity index (χ3n) is 2.32. The van der Waals surface area contributed by atoms with Crippen LogP contribution in [0.2, 0.25) is 0 Å². The van der Waals surface area contributed by atoms with E-state index in [-0.39, 0.29) is 17.9 Å². The van der Waals surface area contributed by atoms with Crippen LogP contribution in [0.5, 0.6) is 0 Å². The maximum atomic E-state index is 9.81. The van der Waals surface area contributed by atoms with Crippen LogP contribution in [-0.4, -0.2) is 30.7 Å². The highest BCUT2D eigenvalue weighted by atomic mass is 31.0. The molecule has 0 fully saturated rings. The number of hydrogen-bond acceptors (Lipinski definition) is 4. The summed E-state index contributed by atoms with van der Waals surface area (Å²) in [5.74, 6) is 0.810. The third kappa shape index (κ3) is 14.5. The molecule has 0 saturated carbocycles. The molecule has 0 aliphatic rings. The summed E-state index contributed by atoms with van der Waals surface area (Å²) in [7, 11) is 4.30. The Morgan fingerprint density at radius 1 is 1.11 bits per heavy atom. The highest BCUT2D eigenvalue weighted by Gasteiger charge is 2.14. The normalized spacial score (nSPS) is 15.6. The van der Waals surface area contributed by atoms with Crippen LogP contribution in [0.25, 0.3) is 0 Å². The van der Waals surface area contributed by atoms with E-state index in [0.717, 1.165) is 12.7 Å². The zero-order chi connectivity index (χ0) is 14.6. The lowest BCUT2D eigenvalue weighted by Gasteiger charge is -2.19. The first-order chi connectivity index (χ1) is 8.38. The minimum atomic E-state index is -0.226. The average Bonchev–Trinajstić information content (AvgIpc) is 2.29. The monoisotopic (exact) mass is 298 g/mol. The predicted octanol–water partition coefficient (Wildman–Crippen LogP) is 2.46. The smallest absolute Gasteiger partial charge is 0.125 e. The summed E-state index contributed by atoms with van der Waals surface area (Å²) >= 11 is 0. The lowest BCUT2D eigenvalue weighted by atomic mass is 9.97. The molecule has 0 rings (SSSR count). The van der Waals surface area contributed by atoms with Gasteiger partial charge in [0.25, 0.3) is 0 Å². The van der Waals surface area contributed by atoms with Gasteiger partial charge in [0.2, 0.25) is 0 Å². The van der Waals surface area contributed by atoms with Crippen molar-refractivity contribution >= 4 is 25.2 Å². The Morgan fingerprint density at radius 3 is 1.89 bits per heavy atom. The lowest BCUT2D eigenvalue weighted by molar-refractivity contribution is -0.111. The van der Waals surface area contributed by atoms with Crippen LogP contribution in [0.3, 0.4) is 0 Å². The van der Waals surface area contributed by atoms with Crippen molar-refractivity contribution in [3.05, 3.63) is 0 Å².